The molecular weight excluding hydrogens is 368 g/mol. The molecule has 4 aromatic carbocycles. The molecule has 0 saturated carbocycles. The van der Waals surface area contributed by atoms with E-state index >= 15 is 0 Å². The van der Waals surface area contributed by atoms with E-state index in [2.05, 4.69) is 23.5 Å². The standard InChI is InChI=1S/C27H22N2O/c30-26-27(22-14-6-2-7-15-22,28-23-16-8-3-9-17-23)24-18-10-11-19-25(24)29(26)20-21-12-4-1-5-13-21/h1-19,28H,20H2/t27-/m0/s1. The van der Waals surface area contributed by atoms with Crippen LogP contribution in [0.4, 0.5) is 11.4 Å². The van der Waals surface area contributed by atoms with Crippen molar-refractivity contribution in [3.8, 4) is 0 Å². The van der Waals surface area contributed by atoms with Gasteiger partial charge in [0.1, 0.15) is 0 Å². The number of carbonyl (C=O) groups is 1. The van der Waals surface area contributed by atoms with Crippen LogP contribution in [0.25, 0.3) is 0 Å². The molecule has 1 aliphatic rings. The van der Waals surface area contributed by atoms with Gasteiger partial charge in [-0.05, 0) is 29.3 Å². The molecule has 0 spiro atoms. The molecule has 1 heterocycles. The first-order chi connectivity index (χ1) is 14.8. The Labute approximate surface area is 176 Å². The Morgan fingerprint density at radius 2 is 1.23 bits per heavy atom. The van der Waals surface area contributed by atoms with Gasteiger partial charge in [0, 0.05) is 11.3 Å². The number of hydrogen-bond acceptors (Lipinski definition) is 2. The Morgan fingerprint density at radius 1 is 0.667 bits per heavy atom. The van der Waals surface area contributed by atoms with Gasteiger partial charge in [-0.15, -0.1) is 0 Å². The van der Waals surface area contributed by atoms with Gasteiger partial charge in [0.2, 0.25) is 0 Å². The molecule has 30 heavy (non-hydrogen) atoms. The lowest BCUT2D eigenvalue weighted by Crippen LogP contribution is -2.46. The lowest BCUT2D eigenvalue weighted by molar-refractivity contribution is -0.121. The van der Waals surface area contributed by atoms with Crippen LogP contribution in [0.5, 0.6) is 0 Å². The maximum absolute atomic E-state index is 14.2. The van der Waals surface area contributed by atoms with Crippen molar-refractivity contribution in [2.24, 2.45) is 0 Å². The van der Waals surface area contributed by atoms with E-state index in [4.69, 9.17) is 0 Å². The normalized spacial score (nSPS) is 17.6. The molecule has 0 saturated heterocycles. The molecule has 3 nitrogen and oxygen atoms in total. The van der Waals surface area contributed by atoms with Crippen LogP contribution in [0, 0.1) is 0 Å². The molecule has 4 aromatic rings. The fraction of sp³-hybridized carbons (Fsp3) is 0.0741. The number of rotatable bonds is 5. The van der Waals surface area contributed by atoms with Gasteiger partial charge in [-0.2, -0.15) is 0 Å². The van der Waals surface area contributed by atoms with Crippen LogP contribution in [-0.4, -0.2) is 5.91 Å². The van der Waals surface area contributed by atoms with Crippen LogP contribution in [-0.2, 0) is 16.9 Å². The summed E-state index contributed by atoms with van der Waals surface area (Å²) < 4.78 is 0. The zero-order valence-electron chi connectivity index (χ0n) is 16.5. The van der Waals surface area contributed by atoms with E-state index in [0.717, 1.165) is 28.1 Å². The van der Waals surface area contributed by atoms with Gasteiger partial charge in [0.25, 0.3) is 5.91 Å². The molecule has 1 atom stereocenters. The van der Waals surface area contributed by atoms with Crippen LogP contribution >= 0.6 is 0 Å². The van der Waals surface area contributed by atoms with Crippen molar-refractivity contribution < 1.29 is 4.79 Å². The highest BCUT2D eigenvalue weighted by Crippen LogP contribution is 2.47. The number of carbonyl (C=O) groups excluding carboxylic acids is 1. The lowest BCUT2D eigenvalue weighted by Gasteiger charge is -2.32. The van der Waals surface area contributed by atoms with Crippen molar-refractivity contribution in [2.75, 3.05) is 10.2 Å². The molecule has 0 aliphatic carbocycles. The Hall–Kier alpha value is -3.85. The van der Waals surface area contributed by atoms with Crippen LogP contribution in [0.1, 0.15) is 16.7 Å². The van der Waals surface area contributed by atoms with Crippen molar-refractivity contribution in [1.29, 1.82) is 0 Å². The van der Waals surface area contributed by atoms with Crippen LogP contribution < -0.4 is 10.2 Å². The highest BCUT2D eigenvalue weighted by Gasteiger charge is 2.52. The van der Waals surface area contributed by atoms with Gasteiger partial charge >= 0.3 is 0 Å². The zero-order chi connectivity index (χ0) is 20.4. The molecule has 0 fully saturated rings. The van der Waals surface area contributed by atoms with Gasteiger partial charge in [0.15, 0.2) is 5.54 Å². The molecule has 0 bridgehead atoms. The predicted molar refractivity (Wildman–Crippen MR) is 121 cm³/mol. The summed E-state index contributed by atoms with van der Waals surface area (Å²) in [4.78, 5) is 16.1. The van der Waals surface area contributed by atoms with Crippen molar-refractivity contribution in [3.05, 3.63) is 132 Å². The second-order valence-corrected chi connectivity index (χ2v) is 7.50. The third-order valence-electron chi connectivity index (χ3n) is 5.66. The third-order valence-corrected chi connectivity index (χ3v) is 5.66. The summed E-state index contributed by atoms with van der Waals surface area (Å²) in [5, 5.41) is 3.60. The zero-order valence-corrected chi connectivity index (χ0v) is 16.5. The summed E-state index contributed by atoms with van der Waals surface area (Å²) >= 11 is 0. The van der Waals surface area contributed by atoms with Gasteiger partial charge in [-0.3, -0.25) is 4.79 Å². The first-order valence-electron chi connectivity index (χ1n) is 10.1. The number of fused-ring (bicyclic) bond motifs is 1. The summed E-state index contributed by atoms with van der Waals surface area (Å²) in [6.45, 7) is 0.530. The van der Waals surface area contributed by atoms with Crippen molar-refractivity contribution in [2.45, 2.75) is 12.1 Å². The summed E-state index contributed by atoms with van der Waals surface area (Å²) in [5.41, 5.74) is 3.88. The summed E-state index contributed by atoms with van der Waals surface area (Å²) in [6, 6.07) is 38.2. The Kier molecular flexibility index (Phi) is 4.56. The second kappa shape index (κ2) is 7.53. The van der Waals surface area contributed by atoms with E-state index < -0.39 is 5.54 Å². The lowest BCUT2D eigenvalue weighted by atomic mass is 9.83. The summed E-state index contributed by atoms with van der Waals surface area (Å²) in [5.74, 6) is 0.0302. The first kappa shape index (κ1) is 18.2. The number of nitrogens with one attached hydrogen (secondary N) is 1. The minimum absolute atomic E-state index is 0.0302. The molecule has 0 aromatic heterocycles. The Morgan fingerprint density at radius 3 is 1.93 bits per heavy atom. The minimum Gasteiger partial charge on any atom is -0.364 e. The van der Waals surface area contributed by atoms with Crippen molar-refractivity contribution in [3.63, 3.8) is 0 Å². The smallest absolute Gasteiger partial charge is 0.262 e. The number of nitrogens with zero attached hydrogens (tertiary/aromatic N) is 1. The van der Waals surface area contributed by atoms with Crippen molar-refractivity contribution >= 4 is 17.3 Å². The van der Waals surface area contributed by atoms with Crippen LogP contribution in [0.3, 0.4) is 0 Å². The molecule has 1 amide bonds. The van der Waals surface area contributed by atoms with Gasteiger partial charge in [-0.25, -0.2) is 0 Å². The highest BCUT2D eigenvalue weighted by molar-refractivity contribution is 6.11. The molecule has 0 unspecified atom stereocenters. The monoisotopic (exact) mass is 390 g/mol. The third kappa shape index (κ3) is 2.96. The molecule has 1 aliphatic heterocycles. The van der Waals surface area contributed by atoms with E-state index in [0.29, 0.717) is 6.54 Å². The average Bonchev–Trinajstić information content (AvgIpc) is 3.05. The van der Waals surface area contributed by atoms with E-state index in [-0.39, 0.29) is 5.91 Å². The topological polar surface area (TPSA) is 32.3 Å². The molecule has 0 radical (unpaired) electrons. The maximum Gasteiger partial charge on any atom is 0.262 e. The van der Waals surface area contributed by atoms with Crippen LogP contribution in [0.15, 0.2) is 115 Å². The van der Waals surface area contributed by atoms with E-state index in [9.17, 15) is 4.79 Å². The maximum atomic E-state index is 14.2. The Balaban J connectivity index is 1.69. The number of anilines is 2. The predicted octanol–water partition coefficient (Wildman–Crippen LogP) is 5.59. The second-order valence-electron chi connectivity index (χ2n) is 7.50. The number of amides is 1. The summed E-state index contributed by atoms with van der Waals surface area (Å²) in [7, 11) is 0. The molecule has 3 heteroatoms. The number of hydrogen-bond donors (Lipinski definition) is 1. The van der Waals surface area contributed by atoms with Gasteiger partial charge in [0.05, 0.1) is 12.2 Å². The fourth-order valence-electron chi connectivity index (χ4n) is 4.27. The molecule has 1 N–H and O–H groups in total. The average molecular weight is 390 g/mol. The minimum atomic E-state index is -0.978. The van der Waals surface area contributed by atoms with Gasteiger partial charge in [-0.1, -0.05) is 97.1 Å². The van der Waals surface area contributed by atoms with Crippen molar-refractivity contribution in [1.82, 2.24) is 0 Å². The first-order valence-corrected chi connectivity index (χ1v) is 10.1. The van der Waals surface area contributed by atoms with E-state index in [1.54, 1.807) is 0 Å². The Bertz CT molecular complexity index is 1160. The molecular formula is C27H22N2O. The fourth-order valence-corrected chi connectivity index (χ4v) is 4.27. The number of benzene rings is 4. The quantitative estimate of drug-likeness (QED) is 0.482. The molecule has 146 valence electrons. The SMILES string of the molecule is O=C1N(Cc2ccccc2)c2ccccc2[C@@]1(Nc1ccccc1)c1ccccc1. The van der Waals surface area contributed by atoms with E-state index in [1.165, 1.54) is 0 Å². The van der Waals surface area contributed by atoms with Gasteiger partial charge < -0.3 is 10.2 Å². The highest BCUT2D eigenvalue weighted by atomic mass is 16.2. The largest absolute Gasteiger partial charge is 0.364 e. The summed E-state index contributed by atoms with van der Waals surface area (Å²) in [6.07, 6.45) is 0. The van der Waals surface area contributed by atoms with E-state index in [1.807, 2.05) is 102 Å². The molecule has 5 rings (SSSR count). The number of para-hydroxylation sites is 2. The van der Waals surface area contributed by atoms with Crippen LogP contribution in [0.2, 0.25) is 0 Å².